The maximum atomic E-state index is 12.5. The van der Waals surface area contributed by atoms with E-state index in [2.05, 4.69) is 0 Å². The molecular weight excluding hydrogens is 328 g/mol. The van der Waals surface area contributed by atoms with E-state index in [9.17, 15) is 9.90 Å². The largest absolute Gasteiger partial charge is 0.507 e. The first kappa shape index (κ1) is 19.6. The van der Waals surface area contributed by atoms with E-state index >= 15 is 0 Å². The van der Waals surface area contributed by atoms with Gasteiger partial charge in [0.2, 0.25) is 0 Å². The van der Waals surface area contributed by atoms with Crippen molar-refractivity contribution in [3.8, 4) is 11.5 Å². The SMILES string of the molecule is CC(C)(C)c1cc(OC(=O)c2cc(N)cc(N)c2)cc(C(C)(C)C)c1O. The van der Waals surface area contributed by atoms with Gasteiger partial charge in [-0.2, -0.15) is 0 Å². The molecule has 0 fully saturated rings. The number of nitrogens with two attached hydrogens (primary N) is 2. The number of rotatable bonds is 2. The van der Waals surface area contributed by atoms with Crippen molar-refractivity contribution in [1.82, 2.24) is 0 Å². The molecule has 2 aromatic rings. The molecule has 2 rings (SSSR count). The van der Waals surface area contributed by atoms with Crippen molar-refractivity contribution in [1.29, 1.82) is 0 Å². The number of hydrogen-bond donors (Lipinski definition) is 3. The minimum absolute atomic E-state index is 0.234. The molecule has 5 heteroatoms. The van der Waals surface area contributed by atoms with E-state index in [1.807, 2.05) is 41.5 Å². The number of hydrogen-bond acceptors (Lipinski definition) is 5. The van der Waals surface area contributed by atoms with Gasteiger partial charge in [0, 0.05) is 22.5 Å². The number of benzene rings is 2. The third-order valence-corrected chi connectivity index (χ3v) is 4.12. The van der Waals surface area contributed by atoms with E-state index in [4.69, 9.17) is 16.2 Å². The van der Waals surface area contributed by atoms with Crippen LogP contribution in [0.4, 0.5) is 11.4 Å². The Kier molecular flexibility index (Phi) is 4.95. The summed E-state index contributed by atoms with van der Waals surface area (Å²) in [5.41, 5.74) is 13.4. The molecule has 0 amide bonds. The zero-order valence-electron chi connectivity index (χ0n) is 16.3. The average molecular weight is 356 g/mol. The van der Waals surface area contributed by atoms with Crippen molar-refractivity contribution in [2.75, 3.05) is 11.5 Å². The van der Waals surface area contributed by atoms with Crippen LogP contribution in [-0.2, 0) is 10.8 Å². The van der Waals surface area contributed by atoms with E-state index in [1.165, 1.54) is 12.1 Å². The summed E-state index contributed by atoms with van der Waals surface area (Å²) in [7, 11) is 0. The number of ether oxygens (including phenoxy) is 1. The molecule has 0 unspecified atom stereocenters. The van der Waals surface area contributed by atoms with E-state index in [-0.39, 0.29) is 22.1 Å². The second-order valence-electron chi connectivity index (χ2n) is 8.64. The fraction of sp³-hybridized carbons (Fsp3) is 0.381. The van der Waals surface area contributed by atoms with Crippen LogP contribution in [-0.4, -0.2) is 11.1 Å². The number of carbonyl (C=O) groups excluding carboxylic acids is 1. The third-order valence-electron chi connectivity index (χ3n) is 4.12. The summed E-state index contributed by atoms with van der Waals surface area (Å²) in [5, 5.41) is 10.7. The van der Waals surface area contributed by atoms with Gasteiger partial charge in [0.05, 0.1) is 5.56 Å². The van der Waals surface area contributed by atoms with Crippen molar-refractivity contribution < 1.29 is 14.6 Å². The van der Waals surface area contributed by atoms with Crippen molar-refractivity contribution >= 4 is 17.3 Å². The number of aromatic hydroxyl groups is 1. The van der Waals surface area contributed by atoms with Crippen molar-refractivity contribution in [2.45, 2.75) is 52.4 Å². The highest BCUT2D eigenvalue weighted by molar-refractivity contribution is 5.93. The fourth-order valence-corrected chi connectivity index (χ4v) is 2.77. The van der Waals surface area contributed by atoms with Gasteiger partial charge < -0.3 is 21.3 Å². The lowest BCUT2D eigenvalue weighted by atomic mass is 9.79. The molecule has 0 aliphatic heterocycles. The van der Waals surface area contributed by atoms with E-state index < -0.39 is 5.97 Å². The molecule has 0 bridgehead atoms. The molecule has 0 spiro atoms. The fourth-order valence-electron chi connectivity index (χ4n) is 2.77. The second kappa shape index (κ2) is 6.56. The predicted molar refractivity (Wildman–Crippen MR) is 106 cm³/mol. The summed E-state index contributed by atoms with van der Waals surface area (Å²) in [6.07, 6.45) is 0. The summed E-state index contributed by atoms with van der Waals surface area (Å²) in [4.78, 5) is 12.5. The third kappa shape index (κ3) is 4.28. The molecule has 0 heterocycles. The van der Waals surface area contributed by atoms with Crippen LogP contribution in [0.15, 0.2) is 30.3 Å². The lowest BCUT2D eigenvalue weighted by Crippen LogP contribution is -2.18. The Balaban J connectivity index is 2.50. The Morgan fingerprint density at radius 1 is 0.846 bits per heavy atom. The molecule has 0 atom stereocenters. The highest BCUT2D eigenvalue weighted by atomic mass is 16.5. The van der Waals surface area contributed by atoms with Gasteiger partial charge in [-0.3, -0.25) is 0 Å². The smallest absolute Gasteiger partial charge is 0.343 e. The van der Waals surface area contributed by atoms with Gasteiger partial charge in [-0.1, -0.05) is 41.5 Å². The number of phenols is 1. The number of phenolic OH excluding ortho intramolecular Hbond substituents is 1. The van der Waals surface area contributed by atoms with Crippen LogP contribution in [0.5, 0.6) is 11.5 Å². The summed E-state index contributed by atoms with van der Waals surface area (Å²) in [6, 6.07) is 8.03. The van der Waals surface area contributed by atoms with E-state index in [0.29, 0.717) is 17.1 Å². The highest BCUT2D eigenvalue weighted by Gasteiger charge is 2.27. The van der Waals surface area contributed by atoms with Crippen molar-refractivity contribution in [3.63, 3.8) is 0 Å². The van der Waals surface area contributed by atoms with Crippen LogP contribution in [0, 0.1) is 0 Å². The first-order valence-electron chi connectivity index (χ1n) is 8.55. The first-order valence-corrected chi connectivity index (χ1v) is 8.55. The van der Waals surface area contributed by atoms with Gasteiger partial charge >= 0.3 is 5.97 Å². The lowest BCUT2D eigenvalue weighted by Gasteiger charge is -2.27. The number of anilines is 2. The minimum Gasteiger partial charge on any atom is -0.507 e. The van der Waals surface area contributed by atoms with Crippen LogP contribution < -0.4 is 16.2 Å². The van der Waals surface area contributed by atoms with Gasteiger partial charge in [-0.25, -0.2) is 4.79 Å². The summed E-state index contributed by atoms with van der Waals surface area (Å²) in [5.74, 6) is 0.0658. The maximum Gasteiger partial charge on any atom is 0.343 e. The Morgan fingerprint density at radius 3 is 1.65 bits per heavy atom. The van der Waals surface area contributed by atoms with Gasteiger partial charge in [-0.05, 0) is 41.2 Å². The molecule has 0 aromatic heterocycles. The zero-order chi connectivity index (χ0) is 19.9. The summed E-state index contributed by atoms with van der Waals surface area (Å²) in [6.45, 7) is 12.0. The topological polar surface area (TPSA) is 98.6 Å². The standard InChI is InChI=1S/C21H28N2O3/c1-20(2,3)16-10-15(11-17(18(16)24)21(4,5)6)26-19(25)12-7-13(22)9-14(23)8-12/h7-11,24H,22-23H2,1-6H3. The van der Waals surface area contributed by atoms with Gasteiger partial charge in [0.25, 0.3) is 0 Å². The molecular formula is C21H28N2O3. The van der Waals surface area contributed by atoms with Crippen LogP contribution in [0.2, 0.25) is 0 Å². The first-order chi connectivity index (χ1) is 11.8. The normalized spacial score (nSPS) is 12.1. The Labute approximate surface area is 155 Å². The van der Waals surface area contributed by atoms with Crippen LogP contribution in [0.1, 0.15) is 63.0 Å². The quantitative estimate of drug-likeness (QED) is 0.421. The number of carbonyl (C=O) groups is 1. The van der Waals surface area contributed by atoms with E-state index in [0.717, 1.165) is 11.1 Å². The second-order valence-corrected chi connectivity index (χ2v) is 8.64. The van der Waals surface area contributed by atoms with Crippen molar-refractivity contribution in [3.05, 3.63) is 47.0 Å². The lowest BCUT2D eigenvalue weighted by molar-refractivity contribution is 0.0734. The number of esters is 1. The summed E-state index contributed by atoms with van der Waals surface area (Å²) < 4.78 is 5.58. The molecule has 2 aromatic carbocycles. The Bertz CT molecular complexity index is 788. The Hall–Kier alpha value is -2.69. The molecule has 26 heavy (non-hydrogen) atoms. The number of nitrogen functional groups attached to an aromatic ring is 2. The maximum absolute atomic E-state index is 12.5. The zero-order valence-corrected chi connectivity index (χ0v) is 16.3. The molecule has 5 N–H and O–H groups in total. The molecule has 0 aliphatic rings. The molecule has 5 nitrogen and oxygen atoms in total. The van der Waals surface area contributed by atoms with Gasteiger partial charge in [-0.15, -0.1) is 0 Å². The molecule has 0 aliphatic carbocycles. The van der Waals surface area contributed by atoms with Crippen molar-refractivity contribution in [2.24, 2.45) is 0 Å². The van der Waals surface area contributed by atoms with Crippen LogP contribution in [0.25, 0.3) is 0 Å². The van der Waals surface area contributed by atoms with E-state index in [1.54, 1.807) is 18.2 Å². The van der Waals surface area contributed by atoms with Gasteiger partial charge in [0.1, 0.15) is 11.5 Å². The molecule has 0 saturated heterocycles. The summed E-state index contributed by atoms with van der Waals surface area (Å²) >= 11 is 0. The minimum atomic E-state index is -0.547. The predicted octanol–water partition coefficient (Wildman–Crippen LogP) is 4.37. The molecule has 0 radical (unpaired) electrons. The monoisotopic (exact) mass is 356 g/mol. The Morgan fingerprint density at radius 2 is 1.27 bits per heavy atom. The average Bonchev–Trinajstić information content (AvgIpc) is 2.45. The van der Waals surface area contributed by atoms with Gasteiger partial charge in [0.15, 0.2) is 0 Å². The van der Waals surface area contributed by atoms with Crippen LogP contribution >= 0.6 is 0 Å². The molecule has 0 saturated carbocycles. The molecule has 140 valence electrons. The highest BCUT2D eigenvalue weighted by Crippen LogP contribution is 2.41. The van der Waals surface area contributed by atoms with Crippen LogP contribution in [0.3, 0.4) is 0 Å².